The molecule has 148 valence electrons. The lowest BCUT2D eigenvalue weighted by Crippen LogP contribution is -2.34. The summed E-state index contributed by atoms with van der Waals surface area (Å²) in [6, 6.07) is 12.8. The van der Waals surface area contributed by atoms with Gasteiger partial charge in [-0.1, -0.05) is 32.1 Å². The van der Waals surface area contributed by atoms with Crippen molar-refractivity contribution in [2.24, 2.45) is 5.92 Å². The van der Waals surface area contributed by atoms with Crippen LogP contribution >= 0.6 is 12.2 Å². The van der Waals surface area contributed by atoms with Crippen molar-refractivity contribution in [1.29, 1.82) is 0 Å². The second-order valence-electron chi connectivity index (χ2n) is 7.08. The monoisotopic (exact) mass is 400 g/mol. The van der Waals surface area contributed by atoms with Crippen LogP contribution in [-0.2, 0) is 0 Å². The topological polar surface area (TPSA) is 50.4 Å². The normalized spacial score (nSPS) is 14.3. The van der Waals surface area contributed by atoms with Gasteiger partial charge in [-0.15, -0.1) is 0 Å². The fourth-order valence-corrected chi connectivity index (χ4v) is 3.60. The highest BCUT2D eigenvalue weighted by atomic mass is 32.1. The fourth-order valence-electron chi connectivity index (χ4n) is 3.39. The van der Waals surface area contributed by atoms with E-state index in [4.69, 9.17) is 17.0 Å². The Morgan fingerprint density at radius 1 is 1.04 bits per heavy atom. The number of carbonyl (C=O) groups is 1. The first-order chi connectivity index (χ1) is 13.6. The summed E-state index contributed by atoms with van der Waals surface area (Å²) in [5.74, 6) is 0.845. The van der Waals surface area contributed by atoms with Gasteiger partial charge in [-0.3, -0.25) is 10.1 Å². The molecule has 2 N–H and O–H groups in total. The van der Waals surface area contributed by atoms with E-state index in [0.29, 0.717) is 5.56 Å². The molecular formula is C22H25FN2O2S. The molecule has 0 radical (unpaired) electrons. The third kappa shape index (κ3) is 6.30. The largest absolute Gasteiger partial charge is 0.494 e. The molecule has 1 aliphatic carbocycles. The Kier molecular flexibility index (Phi) is 7.37. The zero-order chi connectivity index (χ0) is 19.8. The van der Waals surface area contributed by atoms with Crippen LogP contribution in [-0.4, -0.2) is 17.6 Å². The van der Waals surface area contributed by atoms with Crippen LogP contribution in [0.25, 0.3) is 0 Å². The molecule has 1 fully saturated rings. The second-order valence-corrected chi connectivity index (χ2v) is 7.49. The predicted octanol–water partition coefficient (Wildman–Crippen LogP) is 5.30. The number of anilines is 1. The molecule has 0 heterocycles. The Hall–Kier alpha value is -2.47. The number of hydrogen-bond donors (Lipinski definition) is 2. The van der Waals surface area contributed by atoms with Gasteiger partial charge >= 0.3 is 0 Å². The highest BCUT2D eigenvalue weighted by Crippen LogP contribution is 2.26. The molecule has 4 nitrogen and oxygen atoms in total. The van der Waals surface area contributed by atoms with E-state index in [9.17, 15) is 9.18 Å². The zero-order valence-electron chi connectivity index (χ0n) is 15.7. The maximum Gasteiger partial charge on any atom is 0.257 e. The summed E-state index contributed by atoms with van der Waals surface area (Å²) < 4.78 is 18.8. The minimum Gasteiger partial charge on any atom is -0.494 e. The number of thiocarbonyl (C=S) groups is 1. The van der Waals surface area contributed by atoms with Crippen molar-refractivity contribution in [2.75, 3.05) is 11.9 Å². The summed E-state index contributed by atoms with van der Waals surface area (Å²) in [5, 5.41) is 5.72. The average molecular weight is 401 g/mol. The minimum atomic E-state index is -0.390. The van der Waals surface area contributed by atoms with E-state index in [0.717, 1.165) is 30.4 Å². The lowest BCUT2D eigenvalue weighted by molar-refractivity contribution is 0.0977. The molecule has 0 bridgehead atoms. The van der Waals surface area contributed by atoms with E-state index in [2.05, 4.69) is 10.6 Å². The van der Waals surface area contributed by atoms with Gasteiger partial charge < -0.3 is 10.1 Å². The summed E-state index contributed by atoms with van der Waals surface area (Å²) in [5.41, 5.74) is 1.09. The number of benzene rings is 2. The number of ether oxygens (including phenoxy) is 1. The molecule has 0 aromatic heterocycles. The van der Waals surface area contributed by atoms with Crippen molar-refractivity contribution in [2.45, 2.75) is 38.5 Å². The van der Waals surface area contributed by atoms with Crippen LogP contribution in [0.5, 0.6) is 5.75 Å². The lowest BCUT2D eigenvalue weighted by atomic mass is 9.87. The molecule has 0 saturated heterocycles. The first-order valence-electron chi connectivity index (χ1n) is 9.71. The minimum absolute atomic E-state index is 0.181. The molecule has 2 aromatic rings. The Balaban J connectivity index is 1.42. The van der Waals surface area contributed by atoms with Gasteiger partial charge in [0, 0.05) is 11.3 Å². The molecule has 0 spiro atoms. The molecule has 28 heavy (non-hydrogen) atoms. The van der Waals surface area contributed by atoms with E-state index in [1.54, 1.807) is 0 Å². The summed E-state index contributed by atoms with van der Waals surface area (Å²) in [6.07, 6.45) is 7.84. The lowest BCUT2D eigenvalue weighted by Gasteiger charge is -2.21. The summed E-state index contributed by atoms with van der Waals surface area (Å²) in [7, 11) is 0. The van der Waals surface area contributed by atoms with Crippen molar-refractivity contribution < 1.29 is 13.9 Å². The second kappa shape index (κ2) is 10.2. The molecule has 6 heteroatoms. The van der Waals surface area contributed by atoms with Crippen molar-refractivity contribution in [1.82, 2.24) is 5.32 Å². The predicted molar refractivity (Wildman–Crippen MR) is 113 cm³/mol. The van der Waals surface area contributed by atoms with Crippen LogP contribution < -0.4 is 15.4 Å². The van der Waals surface area contributed by atoms with Gasteiger partial charge in [-0.2, -0.15) is 0 Å². The Morgan fingerprint density at radius 2 is 1.71 bits per heavy atom. The van der Waals surface area contributed by atoms with Crippen LogP contribution in [0.2, 0.25) is 0 Å². The number of amides is 1. The molecule has 0 aliphatic heterocycles. The molecule has 1 amide bonds. The SMILES string of the molecule is O=C(NC(=S)Nc1ccc(OCCC2CCCCC2)cc1)c1ccc(F)cc1. The zero-order valence-corrected chi connectivity index (χ0v) is 16.6. The number of carbonyl (C=O) groups excluding carboxylic acids is 1. The fraction of sp³-hybridized carbons (Fsp3) is 0.364. The maximum atomic E-state index is 12.9. The van der Waals surface area contributed by atoms with E-state index in [-0.39, 0.29) is 11.0 Å². The van der Waals surface area contributed by atoms with Crippen molar-refractivity contribution in [3.63, 3.8) is 0 Å². The van der Waals surface area contributed by atoms with Gasteiger partial charge in [-0.05, 0) is 73.1 Å². The summed E-state index contributed by atoms with van der Waals surface area (Å²) in [6.45, 7) is 0.740. The van der Waals surface area contributed by atoms with Gasteiger partial charge in [0.15, 0.2) is 5.11 Å². The molecule has 2 aromatic carbocycles. The first-order valence-corrected chi connectivity index (χ1v) is 10.1. The summed E-state index contributed by atoms with van der Waals surface area (Å²) >= 11 is 5.16. The highest BCUT2D eigenvalue weighted by Gasteiger charge is 2.13. The van der Waals surface area contributed by atoms with Crippen molar-refractivity contribution in [3.8, 4) is 5.75 Å². The van der Waals surface area contributed by atoms with Gasteiger partial charge in [0.05, 0.1) is 6.61 Å². The van der Waals surface area contributed by atoms with Crippen molar-refractivity contribution >= 4 is 28.9 Å². The maximum absolute atomic E-state index is 12.9. The molecule has 0 atom stereocenters. The summed E-state index contributed by atoms with van der Waals surface area (Å²) in [4.78, 5) is 12.1. The number of halogens is 1. The van der Waals surface area contributed by atoms with Gasteiger partial charge in [0.1, 0.15) is 11.6 Å². The van der Waals surface area contributed by atoms with Crippen molar-refractivity contribution in [3.05, 3.63) is 59.9 Å². The Morgan fingerprint density at radius 3 is 2.39 bits per heavy atom. The van der Waals surface area contributed by atoms with Crippen LogP contribution in [0.3, 0.4) is 0 Å². The van der Waals surface area contributed by atoms with E-state index >= 15 is 0 Å². The highest BCUT2D eigenvalue weighted by molar-refractivity contribution is 7.80. The third-order valence-electron chi connectivity index (χ3n) is 4.97. The van der Waals surface area contributed by atoms with E-state index in [1.165, 1.54) is 56.4 Å². The van der Waals surface area contributed by atoms with Crippen LogP contribution in [0.1, 0.15) is 48.9 Å². The van der Waals surface area contributed by atoms with E-state index in [1.807, 2.05) is 24.3 Å². The smallest absolute Gasteiger partial charge is 0.257 e. The van der Waals surface area contributed by atoms with E-state index < -0.39 is 5.82 Å². The molecule has 1 aliphatic rings. The third-order valence-corrected chi connectivity index (χ3v) is 5.17. The van der Waals surface area contributed by atoms with Crippen LogP contribution in [0.15, 0.2) is 48.5 Å². The molecule has 1 saturated carbocycles. The van der Waals surface area contributed by atoms with Crippen LogP contribution in [0.4, 0.5) is 10.1 Å². The number of nitrogens with one attached hydrogen (secondary N) is 2. The quantitative estimate of drug-likeness (QED) is 0.646. The van der Waals surface area contributed by atoms with Gasteiger partial charge in [0.2, 0.25) is 0 Å². The molecule has 3 rings (SSSR count). The molecule has 0 unspecified atom stereocenters. The Bertz CT molecular complexity index is 787. The molecular weight excluding hydrogens is 375 g/mol. The number of rotatable bonds is 6. The number of hydrogen-bond acceptors (Lipinski definition) is 3. The van der Waals surface area contributed by atoms with Gasteiger partial charge in [-0.25, -0.2) is 4.39 Å². The first kappa shape index (κ1) is 20.3. The van der Waals surface area contributed by atoms with Crippen LogP contribution in [0, 0.1) is 11.7 Å². The Labute approximate surface area is 170 Å². The van der Waals surface area contributed by atoms with Gasteiger partial charge in [0.25, 0.3) is 5.91 Å². The standard InChI is InChI=1S/C22H25FN2O2S/c23-18-8-6-17(7-9-18)21(26)25-22(28)24-19-10-12-20(13-11-19)27-15-14-16-4-2-1-3-5-16/h6-13,16H,1-5,14-15H2,(H2,24,25,26,28). The average Bonchev–Trinajstić information content (AvgIpc) is 2.70.